The van der Waals surface area contributed by atoms with Gasteiger partial charge in [0.15, 0.2) is 0 Å². The summed E-state index contributed by atoms with van der Waals surface area (Å²) < 4.78 is 1.02. The van der Waals surface area contributed by atoms with Gasteiger partial charge in [0, 0.05) is 20.3 Å². The third kappa shape index (κ3) is 2.74. The number of carbonyl (C=O) groups is 1. The van der Waals surface area contributed by atoms with Gasteiger partial charge in [-0.2, -0.15) is 0 Å². The van der Waals surface area contributed by atoms with Gasteiger partial charge in [-0.05, 0) is 41.8 Å². The van der Waals surface area contributed by atoms with E-state index in [0.717, 1.165) is 27.1 Å². The Hall–Kier alpha value is -0.0600. The first-order chi connectivity index (χ1) is 7.08. The van der Waals surface area contributed by atoms with Crippen molar-refractivity contribution in [2.45, 2.75) is 31.2 Å². The minimum atomic E-state index is -0.555. The third-order valence-electron chi connectivity index (χ3n) is 2.28. The number of hydrogen-bond donors (Lipinski definition) is 1. The summed E-state index contributed by atoms with van der Waals surface area (Å²) in [6, 6.07) is 2.28. The van der Waals surface area contributed by atoms with Crippen LogP contribution in [-0.2, 0) is 4.79 Å². The van der Waals surface area contributed by atoms with E-state index in [1.807, 2.05) is 13.0 Å². The fourth-order valence-corrected chi connectivity index (χ4v) is 3.04. The molecule has 2 nitrogen and oxygen atoms in total. The van der Waals surface area contributed by atoms with Gasteiger partial charge in [-0.1, -0.05) is 0 Å². The van der Waals surface area contributed by atoms with Crippen molar-refractivity contribution in [1.82, 2.24) is 5.32 Å². The predicted octanol–water partition coefficient (Wildman–Crippen LogP) is 3.38. The van der Waals surface area contributed by atoms with Crippen LogP contribution in [0.4, 0.5) is 0 Å². The zero-order valence-electron chi connectivity index (χ0n) is 8.22. The van der Waals surface area contributed by atoms with E-state index < -0.39 is 5.38 Å². The molecule has 5 heteroatoms. The van der Waals surface area contributed by atoms with E-state index >= 15 is 0 Å². The summed E-state index contributed by atoms with van der Waals surface area (Å²) in [6.45, 7) is 2.00. The average Bonchev–Trinajstić information content (AvgIpc) is 2.93. The molecule has 1 aliphatic carbocycles. The van der Waals surface area contributed by atoms with Crippen LogP contribution < -0.4 is 5.32 Å². The number of alkyl halides is 1. The molecule has 0 radical (unpaired) electrons. The topological polar surface area (TPSA) is 29.1 Å². The quantitative estimate of drug-likeness (QED) is 0.852. The molecule has 0 bridgehead atoms. The molecule has 1 heterocycles. The van der Waals surface area contributed by atoms with Crippen LogP contribution in [0.1, 0.15) is 28.0 Å². The van der Waals surface area contributed by atoms with Crippen LogP contribution in [0.5, 0.6) is 0 Å². The van der Waals surface area contributed by atoms with E-state index in [-0.39, 0.29) is 5.91 Å². The van der Waals surface area contributed by atoms with Gasteiger partial charge in [0.05, 0.1) is 0 Å². The average molecular weight is 309 g/mol. The maximum absolute atomic E-state index is 11.7. The summed E-state index contributed by atoms with van der Waals surface area (Å²) in [5.74, 6) is -0.0760. The Labute approximate surface area is 106 Å². The first-order valence-electron chi connectivity index (χ1n) is 4.78. The molecule has 0 aromatic carbocycles. The van der Waals surface area contributed by atoms with E-state index in [0.29, 0.717) is 6.04 Å². The number of thiophene rings is 1. The summed E-state index contributed by atoms with van der Waals surface area (Å²) in [7, 11) is 0. The van der Waals surface area contributed by atoms with Crippen LogP contribution >= 0.6 is 38.9 Å². The third-order valence-corrected chi connectivity index (χ3v) is 5.04. The van der Waals surface area contributed by atoms with Crippen molar-refractivity contribution in [3.8, 4) is 0 Å². The molecule has 0 spiro atoms. The predicted molar refractivity (Wildman–Crippen MR) is 66.5 cm³/mol. The van der Waals surface area contributed by atoms with Crippen LogP contribution in [0.2, 0.25) is 0 Å². The van der Waals surface area contributed by atoms with Gasteiger partial charge in [-0.3, -0.25) is 4.79 Å². The van der Waals surface area contributed by atoms with Crippen molar-refractivity contribution in [1.29, 1.82) is 0 Å². The highest BCUT2D eigenvalue weighted by Crippen LogP contribution is 2.34. The molecule has 1 aromatic rings. The largest absolute Gasteiger partial charge is 0.352 e. The second-order valence-electron chi connectivity index (χ2n) is 3.70. The highest BCUT2D eigenvalue weighted by Gasteiger charge is 2.28. The van der Waals surface area contributed by atoms with Crippen molar-refractivity contribution in [3.05, 3.63) is 20.3 Å². The molecule has 1 aliphatic rings. The summed E-state index contributed by atoms with van der Waals surface area (Å²) in [5.41, 5.74) is 0. The Bertz CT molecular complexity index is 369. The summed E-state index contributed by atoms with van der Waals surface area (Å²) in [4.78, 5) is 13.7. The lowest BCUT2D eigenvalue weighted by Gasteiger charge is -2.07. The van der Waals surface area contributed by atoms with E-state index in [1.54, 1.807) is 11.3 Å². The van der Waals surface area contributed by atoms with Crippen LogP contribution in [0.25, 0.3) is 0 Å². The first kappa shape index (κ1) is 11.4. The number of halogens is 2. The molecule has 1 amide bonds. The fraction of sp³-hybridized carbons (Fsp3) is 0.500. The molecule has 1 aromatic heterocycles. The molecule has 1 fully saturated rings. The van der Waals surface area contributed by atoms with Gasteiger partial charge in [0.2, 0.25) is 5.91 Å². The SMILES string of the molecule is Cc1sc(C(Cl)C(=O)NC2CC2)cc1Br. The lowest BCUT2D eigenvalue weighted by atomic mass is 10.3. The second-order valence-corrected chi connectivity index (χ2v) is 6.28. The number of rotatable bonds is 3. The molecular formula is C10H11BrClNOS. The van der Waals surface area contributed by atoms with Crippen LogP contribution in [0.3, 0.4) is 0 Å². The second kappa shape index (κ2) is 4.44. The summed E-state index contributed by atoms with van der Waals surface area (Å²) in [5, 5.41) is 2.35. The molecule has 0 saturated heterocycles. The molecule has 1 unspecified atom stereocenters. The number of amides is 1. The smallest absolute Gasteiger partial charge is 0.243 e. The Morgan fingerprint density at radius 3 is 2.87 bits per heavy atom. The van der Waals surface area contributed by atoms with Gasteiger partial charge >= 0.3 is 0 Å². The van der Waals surface area contributed by atoms with Crippen molar-refractivity contribution in [3.63, 3.8) is 0 Å². The molecule has 1 saturated carbocycles. The zero-order chi connectivity index (χ0) is 11.0. The normalized spacial score (nSPS) is 17.5. The van der Waals surface area contributed by atoms with Crippen molar-refractivity contribution >= 4 is 44.8 Å². The highest BCUT2D eigenvalue weighted by atomic mass is 79.9. The fourth-order valence-electron chi connectivity index (χ4n) is 1.24. The number of hydrogen-bond acceptors (Lipinski definition) is 2. The van der Waals surface area contributed by atoms with Crippen molar-refractivity contribution in [2.24, 2.45) is 0 Å². The van der Waals surface area contributed by atoms with Gasteiger partial charge in [0.25, 0.3) is 0 Å². The van der Waals surface area contributed by atoms with E-state index in [9.17, 15) is 4.79 Å². The maximum atomic E-state index is 11.7. The number of carbonyl (C=O) groups excluding carboxylic acids is 1. The lowest BCUT2D eigenvalue weighted by molar-refractivity contribution is -0.120. The zero-order valence-corrected chi connectivity index (χ0v) is 11.4. The molecular weight excluding hydrogens is 298 g/mol. The Kier molecular flexibility index (Phi) is 3.38. The molecule has 0 aliphatic heterocycles. The standard InChI is InChI=1S/C10H11BrClNOS/c1-5-7(11)4-8(15-5)9(12)10(14)13-6-2-3-6/h4,6,9H,2-3H2,1H3,(H,13,14). The first-order valence-corrected chi connectivity index (χ1v) is 6.83. The molecule has 15 heavy (non-hydrogen) atoms. The van der Waals surface area contributed by atoms with E-state index in [4.69, 9.17) is 11.6 Å². The maximum Gasteiger partial charge on any atom is 0.243 e. The minimum Gasteiger partial charge on any atom is -0.352 e. The van der Waals surface area contributed by atoms with Crippen LogP contribution in [0, 0.1) is 6.92 Å². The molecule has 82 valence electrons. The molecule has 2 rings (SSSR count). The number of aryl methyl sites for hydroxylation is 1. The molecule has 1 N–H and O–H groups in total. The van der Waals surface area contributed by atoms with Gasteiger partial charge in [0.1, 0.15) is 5.38 Å². The Morgan fingerprint density at radius 1 is 1.73 bits per heavy atom. The van der Waals surface area contributed by atoms with Crippen LogP contribution in [0.15, 0.2) is 10.5 Å². The Morgan fingerprint density at radius 2 is 2.40 bits per heavy atom. The summed E-state index contributed by atoms with van der Waals surface area (Å²) in [6.07, 6.45) is 2.17. The monoisotopic (exact) mass is 307 g/mol. The molecule has 1 atom stereocenters. The van der Waals surface area contributed by atoms with Crippen molar-refractivity contribution in [2.75, 3.05) is 0 Å². The number of nitrogens with one attached hydrogen (secondary N) is 1. The Balaban J connectivity index is 2.05. The van der Waals surface area contributed by atoms with Gasteiger partial charge < -0.3 is 5.32 Å². The highest BCUT2D eigenvalue weighted by molar-refractivity contribution is 9.10. The summed E-state index contributed by atoms with van der Waals surface area (Å²) >= 11 is 11.1. The van der Waals surface area contributed by atoms with E-state index in [1.165, 1.54) is 0 Å². The van der Waals surface area contributed by atoms with Gasteiger partial charge in [-0.15, -0.1) is 22.9 Å². The lowest BCUT2D eigenvalue weighted by Crippen LogP contribution is -2.28. The van der Waals surface area contributed by atoms with Crippen molar-refractivity contribution < 1.29 is 4.79 Å². The van der Waals surface area contributed by atoms with Gasteiger partial charge in [-0.25, -0.2) is 0 Å². The van der Waals surface area contributed by atoms with E-state index in [2.05, 4.69) is 21.2 Å². The minimum absolute atomic E-state index is 0.0760. The van der Waals surface area contributed by atoms with Crippen LogP contribution in [-0.4, -0.2) is 11.9 Å².